The van der Waals surface area contributed by atoms with Gasteiger partial charge in [0.1, 0.15) is 0 Å². The number of alkyl halides is 3. The molecule has 0 spiro atoms. The van der Waals surface area contributed by atoms with Crippen molar-refractivity contribution in [2.75, 3.05) is 0 Å². The number of aliphatic hydroxyl groups is 1. The van der Waals surface area contributed by atoms with Crippen molar-refractivity contribution in [3.8, 4) is 0 Å². The Morgan fingerprint density at radius 2 is 2.07 bits per heavy atom. The van der Waals surface area contributed by atoms with Crippen molar-refractivity contribution in [1.82, 2.24) is 4.98 Å². The smallest absolute Gasteiger partial charge is 0.387 e. The van der Waals surface area contributed by atoms with Crippen LogP contribution < -0.4 is 0 Å². The van der Waals surface area contributed by atoms with Crippen molar-refractivity contribution in [3.63, 3.8) is 0 Å². The van der Waals surface area contributed by atoms with Gasteiger partial charge in [-0.3, -0.25) is 4.98 Å². The summed E-state index contributed by atoms with van der Waals surface area (Å²) in [4.78, 5) is 3.96. The lowest BCUT2D eigenvalue weighted by Crippen LogP contribution is -2.10. The topological polar surface area (TPSA) is 33.1 Å². The average molecular weight is 219 g/mol. The summed E-state index contributed by atoms with van der Waals surface area (Å²) >= 11 is 0. The maximum absolute atomic E-state index is 11.9. The fourth-order valence-corrected chi connectivity index (χ4v) is 1.20. The molecule has 0 aromatic carbocycles. The summed E-state index contributed by atoms with van der Waals surface area (Å²) in [5.41, 5.74) is 0.970. The first kappa shape index (κ1) is 12.0. The molecule has 1 atom stereocenters. The zero-order valence-electron chi connectivity index (χ0n) is 8.25. The van der Waals surface area contributed by atoms with Gasteiger partial charge in [-0.15, -0.1) is 0 Å². The van der Waals surface area contributed by atoms with E-state index < -0.39 is 18.7 Å². The van der Waals surface area contributed by atoms with Crippen molar-refractivity contribution in [1.29, 1.82) is 0 Å². The highest BCUT2D eigenvalue weighted by molar-refractivity contribution is 5.11. The molecule has 1 aromatic rings. The summed E-state index contributed by atoms with van der Waals surface area (Å²) in [5, 5.41) is 9.45. The Balaban J connectivity index is 2.58. The van der Waals surface area contributed by atoms with Gasteiger partial charge in [0.2, 0.25) is 0 Å². The second-order valence-corrected chi connectivity index (χ2v) is 3.37. The van der Waals surface area contributed by atoms with Crippen molar-refractivity contribution in [3.05, 3.63) is 29.6 Å². The van der Waals surface area contributed by atoms with Crippen LogP contribution in [0.5, 0.6) is 0 Å². The number of rotatable bonds is 3. The summed E-state index contributed by atoms with van der Waals surface area (Å²) in [6.07, 6.45) is -6.72. The van der Waals surface area contributed by atoms with Gasteiger partial charge in [0.25, 0.3) is 0 Å². The van der Waals surface area contributed by atoms with Crippen molar-refractivity contribution in [2.24, 2.45) is 0 Å². The molecule has 1 unspecified atom stereocenters. The monoisotopic (exact) mass is 219 g/mol. The highest BCUT2D eigenvalue weighted by atomic mass is 19.4. The largest absolute Gasteiger partial charge is 0.389 e. The lowest BCUT2D eigenvalue weighted by Gasteiger charge is -2.12. The number of hydrogen-bond donors (Lipinski definition) is 1. The molecular weight excluding hydrogens is 207 g/mol. The molecule has 0 aliphatic rings. The molecule has 0 aliphatic carbocycles. The van der Waals surface area contributed by atoms with Crippen LogP contribution in [0.2, 0.25) is 0 Å². The first-order chi connectivity index (χ1) is 6.88. The SMILES string of the molecule is Cc1cccc(C(O)CCC(F)(F)F)n1. The molecule has 1 aromatic heterocycles. The van der Waals surface area contributed by atoms with Crippen LogP contribution >= 0.6 is 0 Å². The van der Waals surface area contributed by atoms with Crippen LogP contribution in [0.25, 0.3) is 0 Å². The van der Waals surface area contributed by atoms with Gasteiger partial charge in [0.05, 0.1) is 11.8 Å². The van der Waals surface area contributed by atoms with E-state index in [1.807, 2.05) is 0 Å². The first-order valence-corrected chi connectivity index (χ1v) is 4.57. The minimum atomic E-state index is -4.23. The van der Waals surface area contributed by atoms with E-state index in [2.05, 4.69) is 4.98 Å². The van der Waals surface area contributed by atoms with Crippen molar-refractivity contribution in [2.45, 2.75) is 32.0 Å². The first-order valence-electron chi connectivity index (χ1n) is 4.57. The van der Waals surface area contributed by atoms with E-state index >= 15 is 0 Å². The Bertz CT molecular complexity index is 325. The van der Waals surface area contributed by atoms with Crippen LogP contribution in [0, 0.1) is 6.92 Å². The quantitative estimate of drug-likeness (QED) is 0.847. The summed E-state index contributed by atoms with van der Waals surface area (Å²) in [5.74, 6) is 0. The molecule has 0 amide bonds. The average Bonchev–Trinajstić information content (AvgIpc) is 2.13. The molecule has 1 N–H and O–H groups in total. The minimum Gasteiger partial charge on any atom is -0.387 e. The summed E-state index contributed by atoms with van der Waals surface area (Å²) in [7, 11) is 0. The standard InChI is InChI=1S/C10H12F3NO/c1-7-3-2-4-8(14-7)9(15)5-6-10(11,12)13/h2-4,9,15H,5-6H2,1H3. The van der Waals surface area contributed by atoms with E-state index in [1.165, 1.54) is 6.07 Å². The van der Waals surface area contributed by atoms with E-state index in [-0.39, 0.29) is 6.42 Å². The predicted molar refractivity (Wildman–Crippen MR) is 49.2 cm³/mol. The van der Waals surface area contributed by atoms with E-state index in [1.54, 1.807) is 19.1 Å². The van der Waals surface area contributed by atoms with Gasteiger partial charge in [-0.05, 0) is 25.5 Å². The molecule has 0 radical (unpaired) electrons. The molecule has 0 fully saturated rings. The highest BCUT2D eigenvalue weighted by Gasteiger charge is 2.28. The third kappa shape index (κ3) is 4.29. The maximum Gasteiger partial charge on any atom is 0.389 e. The summed E-state index contributed by atoms with van der Waals surface area (Å²) in [6.45, 7) is 1.72. The number of pyridine rings is 1. The molecule has 2 nitrogen and oxygen atoms in total. The molecule has 5 heteroatoms. The van der Waals surface area contributed by atoms with Crippen LogP contribution in [-0.4, -0.2) is 16.3 Å². The minimum absolute atomic E-state index is 0.291. The molecule has 15 heavy (non-hydrogen) atoms. The van der Waals surface area contributed by atoms with Crippen LogP contribution in [0.1, 0.15) is 30.3 Å². The molecule has 1 rings (SSSR count). The normalized spacial score (nSPS) is 13.9. The Hall–Kier alpha value is -1.10. The van der Waals surface area contributed by atoms with Gasteiger partial charge in [0, 0.05) is 12.1 Å². The molecule has 1 heterocycles. The zero-order valence-corrected chi connectivity index (χ0v) is 8.25. The molecule has 0 saturated heterocycles. The number of aromatic nitrogens is 1. The van der Waals surface area contributed by atoms with Crippen molar-refractivity contribution >= 4 is 0 Å². The second kappa shape index (κ2) is 4.61. The highest BCUT2D eigenvalue weighted by Crippen LogP contribution is 2.26. The lowest BCUT2D eigenvalue weighted by molar-refractivity contribution is -0.140. The van der Waals surface area contributed by atoms with E-state index in [0.717, 1.165) is 0 Å². The Kier molecular flexibility index (Phi) is 3.68. The van der Waals surface area contributed by atoms with Gasteiger partial charge in [0.15, 0.2) is 0 Å². The zero-order chi connectivity index (χ0) is 11.5. The third-order valence-corrected chi connectivity index (χ3v) is 1.95. The van der Waals surface area contributed by atoms with Crippen LogP contribution in [0.4, 0.5) is 13.2 Å². The Morgan fingerprint density at radius 1 is 1.40 bits per heavy atom. The molecule has 0 aliphatic heterocycles. The lowest BCUT2D eigenvalue weighted by atomic mass is 10.1. The number of aliphatic hydroxyl groups excluding tert-OH is 1. The Labute approximate surface area is 85.8 Å². The fraction of sp³-hybridized carbons (Fsp3) is 0.500. The van der Waals surface area contributed by atoms with Gasteiger partial charge in [-0.25, -0.2) is 0 Å². The van der Waals surface area contributed by atoms with E-state index in [9.17, 15) is 18.3 Å². The summed E-state index contributed by atoms with van der Waals surface area (Å²) in [6, 6.07) is 4.91. The van der Waals surface area contributed by atoms with Gasteiger partial charge < -0.3 is 5.11 Å². The number of hydrogen-bond acceptors (Lipinski definition) is 2. The molecule has 0 saturated carbocycles. The number of aryl methyl sites for hydroxylation is 1. The Morgan fingerprint density at radius 3 is 2.60 bits per heavy atom. The van der Waals surface area contributed by atoms with Gasteiger partial charge in [-0.1, -0.05) is 6.07 Å². The van der Waals surface area contributed by atoms with E-state index in [4.69, 9.17) is 0 Å². The van der Waals surface area contributed by atoms with Crippen LogP contribution in [0.15, 0.2) is 18.2 Å². The molecule has 84 valence electrons. The summed E-state index contributed by atoms with van der Waals surface area (Å²) < 4.78 is 35.6. The number of halogens is 3. The van der Waals surface area contributed by atoms with Crippen LogP contribution in [-0.2, 0) is 0 Å². The molecule has 0 bridgehead atoms. The van der Waals surface area contributed by atoms with E-state index in [0.29, 0.717) is 11.4 Å². The second-order valence-electron chi connectivity index (χ2n) is 3.37. The predicted octanol–water partition coefficient (Wildman–Crippen LogP) is 2.77. The van der Waals surface area contributed by atoms with Crippen molar-refractivity contribution < 1.29 is 18.3 Å². The van der Waals surface area contributed by atoms with Crippen LogP contribution in [0.3, 0.4) is 0 Å². The third-order valence-electron chi connectivity index (χ3n) is 1.95. The maximum atomic E-state index is 11.9. The van der Waals surface area contributed by atoms with Gasteiger partial charge in [-0.2, -0.15) is 13.2 Å². The fourth-order valence-electron chi connectivity index (χ4n) is 1.20. The molecular formula is C10H12F3NO. The number of nitrogens with zero attached hydrogens (tertiary/aromatic N) is 1. The van der Waals surface area contributed by atoms with Gasteiger partial charge >= 0.3 is 6.18 Å².